The number of ether oxygens (including phenoxy) is 2. The van der Waals surface area contributed by atoms with Gasteiger partial charge in [0.15, 0.2) is 17.8 Å². The Hall–Kier alpha value is -1.78. The van der Waals surface area contributed by atoms with Crippen molar-refractivity contribution in [3.63, 3.8) is 0 Å². The monoisotopic (exact) mass is 328 g/mol. The number of aldehydes is 1. The largest absolute Gasteiger partial charge is 0.493 e. The maximum Gasteiger partial charge on any atom is 0.163 e. The van der Waals surface area contributed by atoms with E-state index in [4.69, 9.17) is 32.7 Å². The molecular formula is C15H11Cl2FO3. The molecule has 2 aromatic carbocycles. The summed E-state index contributed by atoms with van der Waals surface area (Å²) in [6.07, 6.45) is 0.630. The number of carbonyl (C=O) groups excluding carboxylic acids is 1. The number of carbonyl (C=O) groups is 1. The molecule has 0 saturated heterocycles. The lowest BCUT2D eigenvalue weighted by Crippen LogP contribution is -2.00. The van der Waals surface area contributed by atoms with Gasteiger partial charge in [0.25, 0.3) is 0 Å². The molecule has 0 saturated carbocycles. The van der Waals surface area contributed by atoms with Crippen LogP contribution in [0, 0.1) is 5.82 Å². The van der Waals surface area contributed by atoms with E-state index in [1.165, 1.54) is 37.4 Å². The Morgan fingerprint density at radius 3 is 2.52 bits per heavy atom. The van der Waals surface area contributed by atoms with Gasteiger partial charge in [-0.3, -0.25) is 4.79 Å². The highest BCUT2D eigenvalue weighted by atomic mass is 35.5. The molecule has 0 aliphatic carbocycles. The standard InChI is InChI=1S/C15H11Cl2FO3/c1-20-14-4-10(7-19)13(17)6-15(14)21-8-9-2-3-11(18)5-12(9)16/h2-7H,8H2,1H3. The van der Waals surface area contributed by atoms with E-state index in [0.717, 1.165) is 0 Å². The first-order chi connectivity index (χ1) is 10.0. The third-order valence-electron chi connectivity index (χ3n) is 2.81. The van der Waals surface area contributed by atoms with E-state index in [0.29, 0.717) is 28.9 Å². The average molecular weight is 329 g/mol. The smallest absolute Gasteiger partial charge is 0.163 e. The second kappa shape index (κ2) is 6.78. The van der Waals surface area contributed by atoms with Crippen molar-refractivity contribution in [2.24, 2.45) is 0 Å². The first-order valence-corrected chi connectivity index (χ1v) is 6.70. The molecule has 0 bridgehead atoms. The molecule has 0 aliphatic heterocycles. The molecule has 0 N–H and O–H groups in total. The van der Waals surface area contributed by atoms with Gasteiger partial charge in [0, 0.05) is 17.2 Å². The highest BCUT2D eigenvalue weighted by molar-refractivity contribution is 6.33. The molecule has 6 heteroatoms. The van der Waals surface area contributed by atoms with Gasteiger partial charge in [0.1, 0.15) is 12.4 Å². The average Bonchev–Trinajstić information content (AvgIpc) is 2.46. The number of methoxy groups -OCH3 is 1. The highest BCUT2D eigenvalue weighted by Crippen LogP contribution is 2.33. The quantitative estimate of drug-likeness (QED) is 0.756. The second-order valence-corrected chi connectivity index (χ2v) is 4.98. The lowest BCUT2D eigenvalue weighted by molar-refractivity contribution is 0.112. The predicted octanol–water partition coefficient (Wildman–Crippen LogP) is 4.53. The van der Waals surface area contributed by atoms with Crippen molar-refractivity contribution < 1.29 is 18.7 Å². The van der Waals surface area contributed by atoms with Crippen LogP contribution in [0.1, 0.15) is 15.9 Å². The molecule has 2 aromatic rings. The van der Waals surface area contributed by atoms with Gasteiger partial charge in [-0.05, 0) is 18.2 Å². The maximum atomic E-state index is 13.0. The van der Waals surface area contributed by atoms with E-state index in [9.17, 15) is 9.18 Å². The van der Waals surface area contributed by atoms with Crippen molar-refractivity contribution in [2.45, 2.75) is 6.61 Å². The normalized spacial score (nSPS) is 10.3. The molecule has 0 heterocycles. The van der Waals surface area contributed by atoms with Crippen molar-refractivity contribution in [3.8, 4) is 11.5 Å². The number of hydrogen-bond donors (Lipinski definition) is 0. The van der Waals surface area contributed by atoms with Crippen LogP contribution in [0.5, 0.6) is 11.5 Å². The molecule has 0 fully saturated rings. The Morgan fingerprint density at radius 1 is 1.14 bits per heavy atom. The van der Waals surface area contributed by atoms with Crippen LogP contribution in [0.25, 0.3) is 0 Å². The molecule has 0 amide bonds. The zero-order valence-electron chi connectivity index (χ0n) is 11.0. The Labute approximate surface area is 131 Å². The van der Waals surface area contributed by atoms with Gasteiger partial charge in [-0.1, -0.05) is 29.3 Å². The summed E-state index contributed by atoms with van der Waals surface area (Å²) in [6, 6.07) is 7.01. The molecular weight excluding hydrogens is 318 g/mol. The van der Waals surface area contributed by atoms with Gasteiger partial charge in [0.05, 0.1) is 17.2 Å². The molecule has 3 nitrogen and oxygen atoms in total. The molecule has 0 aromatic heterocycles. The lowest BCUT2D eigenvalue weighted by atomic mass is 10.2. The van der Waals surface area contributed by atoms with Crippen LogP contribution in [0.2, 0.25) is 10.0 Å². The molecule has 0 aliphatic rings. The van der Waals surface area contributed by atoms with E-state index >= 15 is 0 Å². The van der Waals surface area contributed by atoms with Gasteiger partial charge in [0.2, 0.25) is 0 Å². The first kappa shape index (κ1) is 15.6. The van der Waals surface area contributed by atoms with Gasteiger partial charge >= 0.3 is 0 Å². The summed E-state index contributed by atoms with van der Waals surface area (Å²) >= 11 is 11.9. The van der Waals surface area contributed by atoms with Crippen molar-refractivity contribution in [1.82, 2.24) is 0 Å². The van der Waals surface area contributed by atoms with Crippen LogP contribution in [-0.4, -0.2) is 13.4 Å². The summed E-state index contributed by atoms with van der Waals surface area (Å²) < 4.78 is 23.7. The third-order valence-corrected chi connectivity index (χ3v) is 3.49. The SMILES string of the molecule is COc1cc(C=O)c(Cl)cc1OCc1ccc(F)cc1Cl. The van der Waals surface area contributed by atoms with E-state index < -0.39 is 5.82 Å². The predicted molar refractivity (Wildman–Crippen MR) is 79.1 cm³/mol. The minimum absolute atomic E-state index is 0.117. The van der Waals surface area contributed by atoms with E-state index in [2.05, 4.69) is 0 Å². The fourth-order valence-electron chi connectivity index (χ4n) is 1.71. The molecule has 21 heavy (non-hydrogen) atoms. The minimum Gasteiger partial charge on any atom is -0.493 e. The van der Waals surface area contributed by atoms with Crippen molar-refractivity contribution >= 4 is 29.5 Å². The first-order valence-electron chi connectivity index (χ1n) is 5.94. The summed E-state index contributed by atoms with van der Waals surface area (Å²) in [5.74, 6) is 0.327. The molecule has 0 radical (unpaired) electrons. The summed E-state index contributed by atoms with van der Waals surface area (Å²) in [7, 11) is 1.45. The summed E-state index contributed by atoms with van der Waals surface area (Å²) in [5, 5.41) is 0.524. The maximum absolute atomic E-state index is 13.0. The van der Waals surface area contributed by atoms with Gasteiger partial charge in [-0.15, -0.1) is 0 Å². The van der Waals surface area contributed by atoms with Crippen LogP contribution >= 0.6 is 23.2 Å². The number of halogens is 3. The topological polar surface area (TPSA) is 35.5 Å². The third kappa shape index (κ3) is 3.65. The fraction of sp³-hybridized carbons (Fsp3) is 0.133. The van der Waals surface area contributed by atoms with Gasteiger partial charge in [-0.25, -0.2) is 4.39 Å². The molecule has 0 spiro atoms. The zero-order valence-corrected chi connectivity index (χ0v) is 12.5. The number of rotatable bonds is 5. The highest BCUT2D eigenvalue weighted by Gasteiger charge is 2.11. The van der Waals surface area contributed by atoms with Crippen molar-refractivity contribution in [3.05, 3.63) is 57.3 Å². The summed E-state index contributed by atoms with van der Waals surface area (Å²) in [5.41, 5.74) is 0.927. The second-order valence-electron chi connectivity index (χ2n) is 4.17. The van der Waals surface area contributed by atoms with Gasteiger partial charge in [-0.2, -0.15) is 0 Å². The van der Waals surface area contributed by atoms with Crippen LogP contribution in [-0.2, 0) is 6.61 Å². The van der Waals surface area contributed by atoms with Gasteiger partial charge < -0.3 is 9.47 Å². The molecule has 2 rings (SSSR count). The molecule has 0 unspecified atom stereocenters. The van der Waals surface area contributed by atoms with Crippen LogP contribution < -0.4 is 9.47 Å². The van der Waals surface area contributed by atoms with Crippen LogP contribution in [0.4, 0.5) is 4.39 Å². The minimum atomic E-state index is -0.417. The van der Waals surface area contributed by atoms with E-state index in [-0.39, 0.29) is 16.7 Å². The van der Waals surface area contributed by atoms with Crippen molar-refractivity contribution in [2.75, 3.05) is 7.11 Å². The van der Waals surface area contributed by atoms with Crippen LogP contribution in [0.3, 0.4) is 0 Å². The van der Waals surface area contributed by atoms with Crippen LogP contribution in [0.15, 0.2) is 30.3 Å². The van der Waals surface area contributed by atoms with E-state index in [1.807, 2.05) is 0 Å². The Kier molecular flexibility index (Phi) is 5.04. The van der Waals surface area contributed by atoms with Crippen molar-refractivity contribution in [1.29, 1.82) is 0 Å². The summed E-state index contributed by atoms with van der Waals surface area (Å²) in [6.45, 7) is 0.117. The Bertz CT molecular complexity index is 674. The summed E-state index contributed by atoms with van der Waals surface area (Å²) in [4.78, 5) is 10.8. The fourth-order valence-corrected chi connectivity index (χ4v) is 2.13. The lowest BCUT2D eigenvalue weighted by Gasteiger charge is -2.13. The Morgan fingerprint density at radius 2 is 1.90 bits per heavy atom. The Balaban J connectivity index is 2.23. The van der Waals surface area contributed by atoms with E-state index in [1.54, 1.807) is 0 Å². The number of hydrogen-bond acceptors (Lipinski definition) is 3. The number of benzene rings is 2. The molecule has 110 valence electrons. The molecule has 0 atom stereocenters. The zero-order chi connectivity index (χ0) is 15.4.